The van der Waals surface area contributed by atoms with Gasteiger partial charge in [0, 0.05) is 17.3 Å². The summed E-state index contributed by atoms with van der Waals surface area (Å²) in [6.45, 7) is 0. The number of halogens is 1. The van der Waals surface area contributed by atoms with Crippen LogP contribution in [0.1, 0.15) is 17.9 Å². The first-order valence-corrected chi connectivity index (χ1v) is 7.26. The van der Waals surface area contributed by atoms with Gasteiger partial charge in [-0.05, 0) is 48.2 Å². The summed E-state index contributed by atoms with van der Waals surface area (Å²) in [5, 5.41) is 5.28. The third-order valence-electron chi connectivity index (χ3n) is 3.82. The molecule has 23 heavy (non-hydrogen) atoms. The van der Waals surface area contributed by atoms with Crippen molar-refractivity contribution in [1.82, 2.24) is 0 Å². The first-order valence-electron chi connectivity index (χ1n) is 7.26. The molecule has 1 aliphatic rings. The molecule has 4 N–H and O–H groups in total. The van der Waals surface area contributed by atoms with Gasteiger partial charge in [0.25, 0.3) is 0 Å². The van der Waals surface area contributed by atoms with E-state index in [1.54, 1.807) is 36.4 Å². The molecule has 5 nitrogen and oxygen atoms in total. The molecule has 118 valence electrons. The first kappa shape index (κ1) is 15.0. The number of nitrogens with one attached hydrogen (secondary N) is 2. The molecule has 3 rings (SSSR count). The Morgan fingerprint density at radius 3 is 2.35 bits per heavy atom. The Bertz CT molecular complexity index is 746. The maximum Gasteiger partial charge on any atom is 0.316 e. The van der Waals surface area contributed by atoms with E-state index in [-0.39, 0.29) is 23.6 Å². The highest BCUT2D eigenvalue weighted by Crippen LogP contribution is 2.48. The van der Waals surface area contributed by atoms with Gasteiger partial charge in [-0.2, -0.15) is 0 Å². The Kier molecular flexibility index (Phi) is 3.97. The van der Waals surface area contributed by atoms with Gasteiger partial charge in [0.1, 0.15) is 5.82 Å². The number of nitrogens with two attached hydrogens (primary N) is 1. The van der Waals surface area contributed by atoms with Crippen LogP contribution in [-0.4, -0.2) is 11.9 Å². The zero-order valence-corrected chi connectivity index (χ0v) is 12.3. The molecule has 2 unspecified atom stereocenters. The van der Waals surface area contributed by atoms with Gasteiger partial charge in [-0.15, -0.1) is 0 Å². The van der Waals surface area contributed by atoms with Crippen LogP contribution in [0.3, 0.4) is 0 Å². The molecule has 0 spiro atoms. The Hall–Kier alpha value is -2.89. The van der Waals surface area contributed by atoms with Crippen LogP contribution in [0.25, 0.3) is 0 Å². The number of hydrogen-bond donors (Lipinski definition) is 3. The molecule has 2 aromatic carbocycles. The number of hydrogen-bond acceptors (Lipinski definition) is 2. The van der Waals surface area contributed by atoms with E-state index < -0.39 is 6.03 Å². The molecule has 1 saturated carbocycles. The second-order valence-corrected chi connectivity index (χ2v) is 5.56. The average Bonchev–Trinajstić information content (AvgIpc) is 3.28. The standard InChI is InChI=1S/C17H16FN3O2/c18-11-6-4-10(5-7-11)14-9-15(14)16(22)20-12-2-1-3-13(8-12)21-17(19)23/h1-8,14-15H,9H2,(H,20,22)(H3,19,21,23). The lowest BCUT2D eigenvalue weighted by molar-refractivity contribution is -0.117. The van der Waals surface area contributed by atoms with Gasteiger partial charge < -0.3 is 16.4 Å². The van der Waals surface area contributed by atoms with Gasteiger partial charge in [0.05, 0.1) is 0 Å². The smallest absolute Gasteiger partial charge is 0.316 e. The molecule has 0 aliphatic heterocycles. The second-order valence-electron chi connectivity index (χ2n) is 5.56. The van der Waals surface area contributed by atoms with E-state index in [2.05, 4.69) is 10.6 Å². The molecule has 0 bridgehead atoms. The molecule has 6 heteroatoms. The predicted molar refractivity (Wildman–Crippen MR) is 85.5 cm³/mol. The van der Waals surface area contributed by atoms with Crippen molar-refractivity contribution < 1.29 is 14.0 Å². The van der Waals surface area contributed by atoms with E-state index in [1.165, 1.54) is 12.1 Å². The summed E-state index contributed by atoms with van der Waals surface area (Å²) in [5.74, 6) is -0.361. The fourth-order valence-corrected chi connectivity index (χ4v) is 2.62. The van der Waals surface area contributed by atoms with Crippen LogP contribution in [0.2, 0.25) is 0 Å². The van der Waals surface area contributed by atoms with Crippen molar-refractivity contribution in [3.8, 4) is 0 Å². The van der Waals surface area contributed by atoms with E-state index in [0.717, 1.165) is 12.0 Å². The summed E-state index contributed by atoms with van der Waals surface area (Å²) in [5.41, 5.74) is 7.14. The minimum Gasteiger partial charge on any atom is -0.351 e. The number of rotatable bonds is 4. The largest absolute Gasteiger partial charge is 0.351 e. The molecule has 0 saturated heterocycles. The summed E-state index contributed by atoms with van der Waals surface area (Å²) in [6, 6.07) is 12.3. The molecule has 0 radical (unpaired) electrons. The molecule has 3 amide bonds. The van der Waals surface area contributed by atoms with E-state index in [1.807, 2.05) is 0 Å². The SMILES string of the molecule is NC(=O)Nc1cccc(NC(=O)C2CC2c2ccc(F)cc2)c1. The zero-order chi connectivity index (χ0) is 16.4. The lowest BCUT2D eigenvalue weighted by Gasteiger charge is -2.07. The Morgan fingerprint density at radius 1 is 1.04 bits per heavy atom. The van der Waals surface area contributed by atoms with Crippen molar-refractivity contribution >= 4 is 23.3 Å². The highest BCUT2D eigenvalue weighted by Gasteiger charge is 2.43. The lowest BCUT2D eigenvalue weighted by Crippen LogP contribution is -2.19. The number of primary amides is 1. The monoisotopic (exact) mass is 313 g/mol. The van der Waals surface area contributed by atoms with E-state index >= 15 is 0 Å². The summed E-state index contributed by atoms with van der Waals surface area (Å²) in [6.07, 6.45) is 0.747. The highest BCUT2D eigenvalue weighted by atomic mass is 19.1. The lowest BCUT2D eigenvalue weighted by atomic mass is 10.1. The van der Waals surface area contributed by atoms with Gasteiger partial charge in [-0.1, -0.05) is 18.2 Å². The Balaban J connectivity index is 1.62. The number of anilines is 2. The van der Waals surface area contributed by atoms with Crippen molar-refractivity contribution in [2.75, 3.05) is 10.6 Å². The van der Waals surface area contributed by atoms with Gasteiger partial charge >= 0.3 is 6.03 Å². The zero-order valence-electron chi connectivity index (χ0n) is 12.3. The van der Waals surface area contributed by atoms with Crippen LogP contribution < -0.4 is 16.4 Å². The van der Waals surface area contributed by atoms with E-state index in [9.17, 15) is 14.0 Å². The summed E-state index contributed by atoms with van der Waals surface area (Å²) < 4.78 is 12.9. The summed E-state index contributed by atoms with van der Waals surface area (Å²) >= 11 is 0. The first-order chi connectivity index (χ1) is 11.0. The van der Waals surface area contributed by atoms with Gasteiger partial charge in [0.2, 0.25) is 5.91 Å². The van der Waals surface area contributed by atoms with Crippen molar-refractivity contribution in [2.24, 2.45) is 11.7 Å². The number of benzene rings is 2. The minimum atomic E-state index is -0.660. The van der Waals surface area contributed by atoms with Crippen molar-refractivity contribution in [3.05, 3.63) is 59.9 Å². The van der Waals surface area contributed by atoms with Crippen molar-refractivity contribution in [3.63, 3.8) is 0 Å². The van der Waals surface area contributed by atoms with Crippen LogP contribution in [-0.2, 0) is 4.79 Å². The van der Waals surface area contributed by atoms with Crippen LogP contribution in [0, 0.1) is 11.7 Å². The average molecular weight is 313 g/mol. The maximum absolute atomic E-state index is 12.9. The van der Waals surface area contributed by atoms with Crippen LogP contribution in [0.4, 0.5) is 20.6 Å². The quantitative estimate of drug-likeness (QED) is 0.810. The molecular weight excluding hydrogens is 297 g/mol. The van der Waals surface area contributed by atoms with Crippen molar-refractivity contribution in [1.29, 1.82) is 0 Å². The van der Waals surface area contributed by atoms with Crippen LogP contribution in [0.5, 0.6) is 0 Å². The molecule has 2 aromatic rings. The van der Waals surface area contributed by atoms with Crippen LogP contribution >= 0.6 is 0 Å². The van der Waals surface area contributed by atoms with Gasteiger partial charge in [0.15, 0.2) is 0 Å². The summed E-state index contributed by atoms with van der Waals surface area (Å²) in [4.78, 5) is 23.1. The van der Waals surface area contributed by atoms with Crippen molar-refractivity contribution in [2.45, 2.75) is 12.3 Å². The third-order valence-corrected chi connectivity index (χ3v) is 3.82. The summed E-state index contributed by atoms with van der Waals surface area (Å²) in [7, 11) is 0. The number of carbonyl (C=O) groups excluding carboxylic acids is 2. The normalized spacial score (nSPS) is 19.0. The second kappa shape index (κ2) is 6.08. The fraction of sp³-hybridized carbons (Fsp3) is 0.176. The maximum atomic E-state index is 12.9. The van der Waals surface area contributed by atoms with Crippen LogP contribution in [0.15, 0.2) is 48.5 Å². The molecule has 1 fully saturated rings. The number of carbonyl (C=O) groups is 2. The Labute approximate surface area is 132 Å². The predicted octanol–water partition coefficient (Wildman–Crippen LogP) is 3.06. The fourth-order valence-electron chi connectivity index (χ4n) is 2.62. The topological polar surface area (TPSA) is 84.2 Å². The highest BCUT2D eigenvalue weighted by molar-refractivity contribution is 5.96. The molecular formula is C17H16FN3O2. The third kappa shape index (κ3) is 3.66. The van der Waals surface area contributed by atoms with Gasteiger partial charge in [-0.25, -0.2) is 9.18 Å². The molecule has 2 atom stereocenters. The molecule has 0 heterocycles. The van der Waals surface area contributed by atoms with E-state index in [0.29, 0.717) is 11.4 Å². The number of urea groups is 1. The molecule has 0 aromatic heterocycles. The van der Waals surface area contributed by atoms with E-state index in [4.69, 9.17) is 5.73 Å². The van der Waals surface area contributed by atoms with Gasteiger partial charge in [-0.3, -0.25) is 4.79 Å². The Morgan fingerprint density at radius 2 is 1.70 bits per heavy atom. The molecule has 1 aliphatic carbocycles. The number of amides is 3. The minimum absolute atomic E-state index is 0.0875.